The number of aryl methyl sites for hydroxylation is 3. The molecular formula is C30H36ClN3O4S. The van der Waals surface area contributed by atoms with Crippen LogP contribution in [-0.2, 0) is 26.2 Å². The van der Waals surface area contributed by atoms with Gasteiger partial charge < -0.3 is 10.2 Å². The maximum Gasteiger partial charge on any atom is 0.264 e. The highest BCUT2D eigenvalue weighted by atomic mass is 35.5. The van der Waals surface area contributed by atoms with E-state index in [1.165, 1.54) is 23.1 Å². The van der Waals surface area contributed by atoms with Crippen molar-refractivity contribution in [3.63, 3.8) is 0 Å². The maximum absolute atomic E-state index is 13.9. The van der Waals surface area contributed by atoms with Gasteiger partial charge in [0.15, 0.2) is 0 Å². The number of hydrogen-bond donors (Lipinski definition) is 1. The highest BCUT2D eigenvalue weighted by molar-refractivity contribution is 7.92. The number of hydrogen-bond acceptors (Lipinski definition) is 4. The summed E-state index contributed by atoms with van der Waals surface area (Å²) >= 11 is 6.36. The van der Waals surface area contributed by atoms with E-state index in [1.54, 1.807) is 31.2 Å². The lowest BCUT2D eigenvalue weighted by Crippen LogP contribution is -2.51. The summed E-state index contributed by atoms with van der Waals surface area (Å²) in [6, 6.07) is 18.2. The van der Waals surface area contributed by atoms with Crippen molar-refractivity contribution in [3.05, 3.63) is 94.0 Å². The maximum atomic E-state index is 13.9. The Kier molecular flexibility index (Phi) is 10.2. The molecule has 0 saturated carbocycles. The van der Waals surface area contributed by atoms with Gasteiger partial charge in [-0.15, -0.1) is 0 Å². The molecule has 3 rings (SSSR count). The Morgan fingerprint density at radius 2 is 1.51 bits per heavy atom. The lowest BCUT2D eigenvalue weighted by molar-refractivity contribution is -0.139. The molecule has 1 N–H and O–H groups in total. The summed E-state index contributed by atoms with van der Waals surface area (Å²) in [4.78, 5) is 28.3. The Bertz CT molecular complexity index is 1410. The Labute approximate surface area is 236 Å². The van der Waals surface area contributed by atoms with E-state index in [2.05, 4.69) is 5.32 Å². The van der Waals surface area contributed by atoms with Gasteiger partial charge in [-0.3, -0.25) is 13.9 Å². The molecule has 1 atom stereocenters. The molecule has 3 aromatic carbocycles. The number of nitrogens with one attached hydrogen (secondary N) is 1. The standard InChI is InChI=1S/C30H36ClN3O4S/c1-6-17-32-30(36)24(5)33(19-25-12-7-21(2)8-13-25)29(35)20-34(26-14-11-23(4)28(31)18-26)39(37,38)27-15-9-22(3)10-16-27/h7-16,18,24H,6,17,19-20H2,1-5H3,(H,32,36). The molecule has 0 bridgehead atoms. The molecule has 0 heterocycles. The van der Waals surface area contributed by atoms with Crippen molar-refractivity contribution in [2.24, 2.45) is 0 Å². The molecule has 1 unspecified atom stereocenters. The van der Waals surface area contributed by atoms with Gasteiger partial charge in [0, 0.05) is 18.1 Å². The number of halogens is 1. The first-order valence-corrected chi connectivity index (χ1v) is 14.7. The summed E-state index contributed by atoms with van der Waals surface area (Å²) in [6.07, 6.45) is 0.751. The van der Waals surface area contributed by atoms with Gasteiger partial charge in [-0.1, -0.05) is 72.1 Å². The van der Waals surface area contributed by atoms with E-state index < -0.39 is 28.5 Å². The molecule has 2 amide bonds. The topological polar surface area (TPSA) is 86.8 Å². The molecule has 0 fully saturated rings. The molecule has 0 aliphatic carbocycles. The van der Waals surface area contributed by atoms with Gasteiger partial charge in [-0.2, -0.15) is 0 Å². The first kappa shape index (κ1) is 30.2. The third kappa shape index (κ3) is 7.61. The number of carbonyl (C=O) groups is 2. The average Bonchev–Trinajstić information content (AvgIpc) is 2.91. The van der Waals surface area contributed by atoms with Gasteiger partial charge in [0.05, 0.1) is 10.6 Å². The van der Waals surface area contributed by atoms with Crippen LogP contribution in [-0.4, -0.2) is 44.3 Å². The molecule has 0 aromatic heterocycles. The quantitative estimate of drug-likeness (QED) is 0.335. The molecule has 7 nitrogen and oxygen atoms in total. The van der Waals surface area contributed by atoms with Crippen LogP contribution in [0.3, 0.4) is 0 Å². The molecule has 3 aromatic rings. The van der Waals surface area contributed by atoms with Crippen LogP contribution in [0.1, 0.15) is 42.5 Å². The second-order valence-electron chi connectivity index (χ2n) is 9.73. The Hall–Kier alpha value is -3.36. The molecule has 39 heavy (non-hydrogen) atoms. The normalized spacial score (nSPS) is 12.1. The SMILES string of the molecule is CCCNC(=O)C(C)N(Cc1ccc(C)cc1)C(=O)CN(c1ccc(C)c(Cl)c1)S(=O)(=O)c1ccc(C)cc1. The Balaban J connectivity index is 2.04. The molecule has 208 valence electrons. The van der Waals surface area contributed by atoms with Crippen LogP contribution in [0.25, 0.3) is 0 Å². The van der Waals surface area contributed by atoms with Crippen molar-refractivity contribution in [1.29, 1.82) is 0 Å². The van der Waals surface area contributed by atoms with Crippen LogP contribution >= 0.6 is 11.6 Å². The number of nitrogens with zero attached hydrogens (tertiary/aromatic N) is 2. The third-order valence-electron chi connectivity index (χ3n) is 6.52. The number of rotatable bonds is 11. The predicted molar refractivity (Wildman–Crippen MR) is 156 cm³/mol. The molecule has 0 aliphatic heterocycles. The van der Waals surface area contributed by atoms with Gasteiger partial charge in [-0.25, -0.2) is 8.42 Å². The summed E-state index contributed by atoms with van der Waals surface area (Å²) in [6.45, 7) is 9.36. The first-order valence-electron chi connectivity index (χ1n) is 12.9. The molecule has 0 spiro atoms. The number of carbonyl (C=O) groups excluding carboxylic acids is 2. The van der Waals surface area contributed by atoms with Crippen LogP contribution in [0.15, 0.2) is 71.6 Å². The molecule has 0 saturated heterocycles. The second-order valence-corrected chi connectivity index (χ2v) is 12.0. The largest absolute Gasteiger partial charge is 0.354 e. The van der Waals surface area contributed by atoms with E-state index in [1.807, 2.05) is 52.0 Å². The smallest absolute Gasteiger partial charge is 0.264 e. The summed E-state index contributed by atoms with van der Waals surface area (Å²) in [5.74, 6) is -0.814. The van der Waals surface area contributed by atoms with E-state index >= 15 is 0 Å². The number of amides is 2. The van der Waals surface area contributed by atoms with Crippen molar-refractivity contribution < 1.29 is 18.0 Å². The number of sulfonamides is 1. The monoisotopic (exact) mass is 569 g/mol. The van der Waals surface area contributed by atoms with Crippen molar-refractivity contribution in [2.75, 3.05) is 17.4 Å². The second kappa shape index (κ2) is 13.1. The van der Waals surface area contributed by atoms with E-state index in [-0.39, 0.29) is 23.0 Å². The molecular weight excluding hydrogens is 534 g/mol. The highest BCUT2D eigenvalue weighted by Crippen LogP contribution is 2.28. The minimum Gasteiger partial charge on any atom is -0.354 e. The number of benzene rings is 3. The minimum absolute atomic E-state index is 0.0522. The minimum atomic E-state index is -4.14. The van der Waals surface area contributed by atoms with Crippen molar-refractivity contribution >= 4 is 39.1 Å². The lowest BCUT2D eigenvalue weighted by Gasteiger charge is -2.32. The Morgan fingerprint density at radius 3 is 2.08 bits per heavy atom. The zero-order chi connectivity index (χ0) is 28.7. The zero-order valence-corrected chi connectivity index (χ0v) is 24.6. The van der Waals surface area contributed by atoms with E-state index in [9.17, 15) is 18.0 Å². The summed E-state index contributed by atoms with van der Waals surface area (Å²) in [7, 11) is -4.14. The van der Waals surface area contributed by atoms with Crippen LogP contribution in [0, 0.1) is 20.8 Å². The van der Waals surface area contributed by atoms with Gasteiger partial charge in [-0.05, 0) is 69.5 Å². The fraction of sp³-hybridized carbons (Fsp3) is 0.333. The average molecular weight is 570 g/mol. The van der Waals surface area contributed by atoms with Gasteiger partial charge in [0.25, 0.3) is 10.0 Å². The molecule has 0 radical (unpaired) electrons. The van der Waals surface area contributed by atoms with Crippen LogP contribution < -0.4 is 9.62 Å². The van der Waals surface area contributed by atoms with E-state index in [0.29, 0.717) is 11.6 Å². The number of anilines is 1. The van der Waals surface area contributed by atoms with Gasteiger partial charge in [0.1, 0.15) is 12.6 Å². The summed E-state index contributed by atoms with van der Waals surface area (Å²) in [5.41, 5.74) is 3.85. The fourth-order valence-electron chi connectivity index (χ4n) is 3.97. The predicted octanol–water partition coefficient (Wildman–Crippen LogP) is 5.40. The van der Waals surface area contributed by atoms with E-state index in [4.69, 9.17) is 11.6 Å². The Morgan fingerprint density at radius 1 is 0.923 bits per heavy atom. The van der Waals surface area contributed by atoms with Crippen molar-refractivity contribution in [2.45, 2.75) is 58.5 Å². The van der Waals surface area contributed by atoms with Crippen LogP contribution in [0.5, 0.6) is 0 Å². The zero-order valence-electron chi connectivity index (χ0n) is 23.1. The van der Waals surface area contributed by atoms with E-state index in [0.717, 1.165) is 33.0 Å². The van der Waals surface area contributed by atoms with Crippen molar-refractivity contribution in [1.82, 2.24) is 10.2 Å². The molecule has 0 aliphatic rings. The van der Waals surface area contributed by atoms with Crippen molar-refractivity contribution in [3.8, 4) is 0 Å². The molecule has 9 heteroatoms. The summed E-state index contributed by atoms with van der Waals surface area (Å²) in [5, 5.41) is 3.22. The highest BCUT2D eigenvalue weighted by Gasteiger charge is 2.32. The van der Waals surface area contributed by atoms with Crippen LogP contribution in [0.4, 0.5) is 5.69 Å². The third-order valence-corrected chi connectivity index (χ3v) is 8.72. The van der Waals surface area contributed by atoms with Crippen LogP contribution in [0.2, 0.25) is 5.02 Å². The fourth-order valence-corrected chi connectivity index (χ4v) is 5.55. The lowest BCUT2D eigenvalue weighted by atomic mass is 10.1. The summed E-state index contributed by atoms with van der Waals surface area (Å²) < 4.78 is 28.8. The van der Waals surface area contributed by atoms with Gasteiger partial charge >= 0.3 is 0 Å². The first-order chi connectivity index (χ1) is 18.4. The van der Waals surface area contributed by atoms with Gasteiger partial charge in [0.2, 0.25) is 11.8 Å².